The predicted molar refractivity (Wildman–Crippen MR) is 81.0 cm³/mol. The Balaban J connectivity index is 1.92. The third-order valence-corrected chi connectivity index (χ3v) is 2.82. The largest absolute Gasteiger partial charge is 0.494 e. The van der Waals surface area contributed by atoms with E-state index in [1.807, 2.05) is 48.5 Å². The fraction of sp³-hybridized carbons (Fsp3) is 0.250. The molecule has 0 atom stereocenters. The van der Waals surface area contributed by atoms with Gasteiger partial charge in [-0.1, -0.05) is 13.3 Å². The summed E-state index contributed by atoms with van der Waals surface area (Å²) in [6, 6.07) is 15.7. The Kier molecular flexibility index (Phi) is 4.67. The van der Waals surface area contributed by atoms with E-state index in [-0.39, 0.29) is 0 Å². The summed E-state index contributed by atoms with van der Waals surface area (Å²) in [5.41, 5.74) is 8.48. The van der Waals surface area contributed by atoms with Gasteiger partial charge >= 0.3 is 0 Å². The molecule has 2 aromatic rings. The van der Waals surface area contributed by atoms with E-state index >= 15 is 0 Å². The number of rotatable bonds is 6. The molecular formula is C16H20N2O. The van der Waals surface area contributed by atoms with Gasteiger partial charge in [0, 0.05) is 17.1 Å². The lowest BCUT2D eigenvalue weighted by Crippen LogP contribution is -1.96. The number of unbranched alkanes of at least 4 members (excludes halogenated alkanes) is 1. The maximum atomic E-state index is 5.65. The maximum absolute atomic E-state index is 5.65. The molecule has 2 rings (SSSR count). The minimum Gasteiger partial charge on any atom is -0.494 e. The number of benzene rings is 2. The Morgan fingerprint density at radius 2 is 1.53 bits per heavy atom. The molecule has 0 amide bonds. The van der Waals surface area contributed by atoms with Crippen molar-refractivity contribution < 1.29 is 4.74 Å². The first-order valence-electron chi connectivity index (χ1n) is 6.63. The topological polar surface area (TPSA) is 47.3 Å². The van der Waals surface area contributed by atoms with Crippen LogP contribution < -0.4 is 15.8 Å². The van der Waals surface area contributed by atoms with Crippen molar-refractivity contribution in [3.05, 3.63) is 48.5 Å². The quantitative estimate of drug-likeness (QED) is 0.601. The highest BCUT2D eigenvalue weighted by atomic mass is 16.5. The van der Waals surface area contributed by atoms with Crippen molar-refractivity contribution in [2.24, 2.45) is 0 Å². The van der Waals surface area contributed by atoms with Crippen LogP contribution in [0.25, 0.3) is 0 Å². The van der Waals surface area contributed by atoms with Gasteiger partial charge in [-0.05, 0) is 55.0 Å². The Morgan fingerprint density at radius 1 is 0.947 bits per heavy atom. The summed E-state index contributed by atoms with van der Waals surface area (Å²) in [4.78, 5) is 0. The molecule has 0 aliphatic carbocycles. The zero-order valence-electron chi connectivity index (χ0n) is 11.2. The Bertz CT molecular complexity index is 491. The van der Waals surface area contributed by atoms with Gasteiger partial charge in [0.25, 0.3) is 0 Å². The molecule has 0 spiro atoms. The molecule has 0 saturated heterocycles. The minimum atomic E-state index is 0.769. The average Bonchev–Trinajstić information content (AvgIpc) is 2.44. The third kappa shape index (κ3) is 4.21. The summed E-state index contributed by atoms with van der Waals surface area (Å²) in [7, 11) is 0. The van der Waals surface area contributed by atoms with E-state index < -0.39 is 0 Å². The van der Waals surface area contributed by atoms with E-state index in [0.29, 0.717) is 0 Å². The fourth-order valence-electron chi connectivity index (χ4n) is 1.70. The first kappa shape index (κ1) is 13.3. The van der Waals surface area contributed by atoms with Crippen LogP contribution in [0.1, 0.15) is 19.8 Å². The molecule has 0 heterocycles. The Labute approximate surface area is 114 Å². The molecule has 19 heavy (non-hydrogen) atoms. The average molecular weight is 256 g/mol. The lowest BCUT2D eigenvalue weighted by Gasteiger charge is -2.09. The standard InChI is InChI=1S/C16H20N2O/c1-2-3-12-19-16-10-8-15(9-11-16)18-14-6-4-13(17)5-7-14/h4-11,18H,2-3,12,17H2,1H3. The normalized spacial score (nSPS) is 10.2. The number of nitrogens with one attached hydrogen (secondary N) is 1. The van der Waals surface area contributed by atoms with E-state index in [0.717, 1.165) is 42.3 Å². The van der Waals surface area contributed by atoms with Gasteiger partial charge in [-0.2, -0.15) is 0 Å². The zero-order chi connectivity index (χ0) is 13.5. The van der Waals surface area contributed by atoms with Gasteiger partial charge in [-0.3, -0.25) is 0 Å². The molecule has 3 heteroatoms. The van der Waals surface area contributed by atoms with Crippen LogP contribution in [-0.4, -0.2) is 6.61 Å². The molecule has 0 bridgehead atoms. The van der Waals surface area contributed by atoms with Crippen LogP contribution in [0.15, 0.2) is 48.5 Å². The van der Waals surface area contributed by atoms with Crippen molar-refractivity contribution in [2.45, 2.75) is 19.8 Å². The van der Waals surface area contributed by atoms with E-state index in [1.54, 1.807) is 0 Å². The van der Waals surface area contributed by atoms with Crippen molar-refractivity contribution in [3.63, 3.8) is 0 Å². The van der Waals surface area contributed by atoms with Crippen molar-refractivity contribution in [1.82, 2.24) is 0 Å². The molecule has 0 radical (unpaired) electrons. The van der Waals surface area contributed by atoms with Crippen molar-refractivity contribution in [2.75, 3.05) is 17.7 Å². The van der Waals surface area contributed by atoms with Crippen LogP contribution in [-0.2, 0) is 0 Å². The van der Waals surface area contributed by atoms with Gasteiger partial charge in [-0.25, -0.2) is 0 Å². The summed E-state index contributed by atoms with van der Waals surface area (Å²) in [6.07, 6.45) is 2.24. The second kappa shape index (κ2) is 6.69. The molecule has 0 aromatic heterocycles. The highest BCUT2D eigenvalue weighted by Crippen LogP contribution is 2.20. The van der Waals surface area contributed by atoms with Gasteiger partial charge in [0.2, 0.25) is 0 Å². The second-order valence-corrected chi connectivity index (χ2v) is 4.47. The predicted octanol–water partition coefficient (Wildman–Crippen LogP) is 4.19. The maximum Gasteiger partial charge on any atom is 0.119 e. The van der Waals surface area contributed by atoms with E-state index in [9.17, 15) is 0 Å². The van der Waals surface area contributed by atoms with Gasteiger partial charge in [-0.15, -0.1) is 0 Å². The first-order valence-corrected chi connectivity index (χ1v) is 6.63. The molecule has 0 saturated carbocycles. The van der Waals surface area contributed by atoms with Crippen LogP contribution in [0.2, 0.25) is 0 Å². The summed E-state index contributed by atoms with van der Waals surface area (Å²) < 4.78 is 5.62. The van der Waals surface area contributed by atoms with Gasteiger partial charge in [0.1, 0.15) is 5.75 Å². The monoisotopic (exact) mass is 256 g/mol. The molecule has 0 aliphatic rings. The smallest absolute Gasteiger partial charge is 0.119 e. The first-order chi connectivity index (χ1) is 9.28. The number of hydrogen-bond acceptors (Lipinski definition) is 3. The van der Waals surface area contributed by atoms with Gasteiger partial charge in [0.05, 0.1) is 6.61 Å². The molecule has 0 unspecified atom stereocenters. The Morgan fingerprint density at radius 3 is 2.11 bits per heavy atom. The van der Waals surface area contributed by atoms with E-state index in [4.69, 9.17) is 10.5 Å². The number of nitrogens with two attached hydrogens (primary N) is 1. The van der Waals surface area contributed by atoms with Crippen LogP contribution in [0.5, 0.6) is 5.75 Å². The minimum absolute atomic E-state index is 0.769. The van der Waals surface area contributed by atoms with E-state index in [2.05, 4.69) is 12.2 Å². The summed E-state index contributed by atoms with van der Waals surface area (Å²) in [5, 5.41) is 3.31. The van der Waals surface area contributed by atoms with Crippen molar-refractivity contribution >= 4 is 17.1 Å². The van der Waals surface area contributed by atoms with Gasteiger partial charge in [0.15, 0.2) is 0 Å². The van der Waals surface area contributed by atoms with Crippen LogP contribution in [0, 0.1) is 0 Å². The molecule has 3 nitrogen and oxygen atoms in total. The molecule has 0 aliphatic heterocycles. The summed E-state index contributed by atoms with van der Waals surface area (Å²) in [6.45, 7) is 2.93. The van der Waals surface area contributed by atoms with Crippen LogP contribution >= 0.6 is 0 Å². The number of anilines is 3. The third-order valence-electron chi connectivity index (χ3n) is 2.82. The van der Waals surface area contributed by atoms with Gasteiger partial charge < -0.3 is 15.8 Å². The second-order valence-electron chi connectivity index (χ2n) is 4.47. The molecule has 0 fully saturated rings. The van der Waals surface area contributed by atoms with Crippen molar-refractivity contribution in [3.8, 4) is 5.75 Å². The SMILES string of the molecule is CCCCOc1ccc(Nc2ccc(N)cc2)cc1. The highest BCUT2D eigenvalue weighted by Gasteiger charge is 1.97. The van der Waals surface area contributed by atoms with Crippen molar-refractivity contribution in [1.29, 1.82) is 0 Å². The van der Waals surface area contributed by atoms with Crippen LogP contribution in [0.4, 0.5) is 17.1 Å². The summed E-state index contributed by atoms with van der Waals surface area (Å²) >= 11 is 0. The molecule has 3 N–H and O–H groups in total. The highest BCUT2D eigenvalue weighted by molar-refractivity contribution is 5.62. The fourth-order valence-corrected chi connectivity index (χ4v) is 1.70. The molecule has 2 aromatic carbocycles. The van der Waals surface area contributed by atoms with Crippen LogP contribution in [0.3, 0.4) is 0 Å². The molecule has 100 valence electrons. The van der Waals surface area contributed by atoms with E-state index in [1.165, 1.54) is 0 Å². The number of ether oxygens (including phenoxy) is 1. The zero-order valence-corrected chi connectivity index (χ0v) is 11.2. The Hall–Kier alpha value is -2.16. The lowest BCUT2D eigenvalue weighted by molar-refractivity contribution is 0.309. The number of nitrogen functional groups attached to an aromatic ring is 1. The lowest BCUT2D eigenvalue weighted by atomic mass is 10.2. The number of hydrogen-bond donors (Lipinski definition) is 2. The molecular weight excluding hydrogens is 236 g/mol. The summed E-state index contributed by atoms with van der Waals surface area (Å²) in [5.74, 6) is 0.913.